The molecule has 158 valence electrons. The Morgan fingerprint density at radius 1 is 1.03 bits per heavy atom. The summed E-state index contributed by atoms with van der Waals surface area (Å²) in [6, 6.07) is 11.4. The predicted octanol–water partition coefficient (Wildman–Crippen LogP) is 3.08. The number of methoxy groups -OCH3 is 3. The maximum atomic E-state index is 13.0. The average Bonchev–Trinajstić information content (AvgIpc) is 3.01. The van der Waals surface area contributed by atoms with Gasteiger partial charge in [-0.05, 0) is 36.8 Å². The molecule has 0 aromatic heterocycles. The Kier molecular flexibility index (Phi) is 6.42. The first kappa shape index (κ1) is 21.4. The molecular weight excluding hydrogens is 386 g/mol. The van der Waals surface area contributed by atoms with E-state index in [9.17, 15) is 14.7 Å². The third-order valence-electron chi connectivity index (χ3n) is 5.18. The molecule has 1 aliphatic heterocycles. The van der Waals surface area contributed by atoms with Crippen LogP contribution in [0.25, 0.3) is 5.76 Å². The summed E-state index contributed by atoms with van der Waals surface area (Å²) < 4.78 is 15.9. The van der Waals surface area contributed by atoms with Gasteiger partial charge in [-0.1, -0.05) is 18.2 Å². The molecule has 1 N–H and O–H groups in total. The van der Waals surface area contributed by atoms with Crippen LogP contribution in [0.1, 0.15) is 22.7 Å². The first-order valence-electron chi connectivity index (χ1n) is 9.49. The van der Waals surface area contributed by atoms with E-state index in [1.54, 1.807) is 49.6 Å². The van der Waals surface area contributed by atoms with Crippen molar-refractivity contribution in [3.63, 3.8) is 0 Å². The van der Waals surface area contributed by atoms with E-state index in [2.05, 4.69) is 0 Å². The van der Waals surface area contributed by atoms with Crippen molar-refractivity contribution in [3.05, 3.63) is 64.7 Å². The van der Waals surface area contributed by atoms with Crippen molar-refractivity contribution in [1.29, 1.82) is 0 Å². The Morgan fingerprint density at radius 3 is 2.37 bits per heavy atom. The number of hydrogen-bond acceptors (Lipinski definition) is 6. The molecule has 3 rings (SSSR count). The fourth-order valence-electron chi connectivity index (χ4n) is 3.70. The smallest absolute Gasteiger partial charge is 0.295 e. The largest absolute Gasteiger partial charge is 0.507 e. The molecule has 1 amide bonds. The lowest BCUT2D eigenvalue weighted by Crippen LogP contribution is -2.32. The van der Waals surface area contributed by atoms with E-state index in [4.69, 9.17) is 14.2 Å². The van der Waals surface area contributed by atoms with Crippen LogP contribution in [0, 0.1) is 6.92 Å². The van der Waals surface area contributed by atoms with Crippen LogP contribution in [0.5, 0.6) is 11.5 Å². The Labute approximate surface area is 175 Å². The van der Waals surface area contributed by atoms with E-state index in [0.29, 0.717) is 22.6 Å². The molecule has 0 unspecified atom stereocenters. The number of Topliss-reactive ketones (excluding diaryl/α,β-unsaturated/α-hetero) is 1. The zero-order valence-electron chi connectivity index (χ0n) is 17.5. The number of aliphatic hydroxyl groups is 1. The van der Waals surface area contributed by atoms with E-state index in [-0.39, 0.29) is 24.5 Å². The molecule has 1 saturated heterocycles. The summed E-state index contributed by atoms with van der Waals surface area (Å²) in [5, 5.41) is 11.1. The van der Waals surface area contributed by atoms with Crippen molar-refractivity contribution >= 4 is 17.4 Å². The number of carbonyl (C=O) groups is 2. The number of carbonyl (C=O) groups excluding carboxylic acids is 2. The van der Waals surface area contributed by atoms with Crippen LogP contribution < -0.4 is 9.47 Å². The Hall–Kier alpha value is -3.32. The van der Waals surface area contributed by atoms with Gasteiger partial charge < -0.3 is 24.2 Å². The van der Waals surface area contributed by atoms with Crippen LogP contribution in [0.3, 0.4) is 0 Å². The summed E-state index contributed by atoms with van der Waals surface area (Å²) in [6.45, 7) is 2.28. The number of aliphatic hydroxyl groups excluding tert-OH is 1. The highest BCUT2D eigenvalue weighted by Gasteiger charge is 2.46. The standard InChI is InChI=1S/C23H25NO6/c1-14-13-15(9-10-17(14)29-3)21(25)19-20(16-7-5-6-8-18(16)30-4)24(11-12-28-2)23(27)22(19)26/h5-10,13,20,25H,11-12H2,1-4H3/b21-19+/t20-/m1/s1. The first-order chi connectivity index (χ1) is 14.4. The molecule has 0 radical (unpaired) electrons. The van der Waals surface area contributed by atoms with Crippen molar-refractivity contribution < 1.29 is 28.9 Å². The Bertz CT molecular complexity index is 997. The van der Waals surface area contributed by atoms with Crippen molar-refractivity contribution in [1.82, 2.24) is 4.90 Å². The number of aryl methyl sites for hydroxylation is 1. The van der Waals surface area contributed by atoms with Gasteiger partial charge in [-0.15, -0.1) is 0 Å². The Balaban J connectivity index is 2.21. The molecular formula is C23H25NO6. The van der Waals surface area contributed by atoms with E-state index >= 15 is 0 Å². The molecule has 0 saturated carbocycles. The van der Waals surface area contributed by atoms with Gasteiger partial charge in [0.05, 0.1) is 32.4 Å². The monoisotopic (exact) mass is 411 g/mol. The minimum absolute atomic E-state index is 0.0187. The van der Waals surface area contributed by atoms with Crippen LogP contribution in [0.4, 0.5) is 0 Å². The molecule has 7 heteroatoms. The molecule has 1 fully saturated rings. The second kappa shape index (κ2) is 9.00. The van der Waals surface area contributed by atoms with Gasteiger partial charge in [0.15, 0.2) is 0 Å². The molecule has 30 heavy (non-hydrogen) atoms. The van der Waals surface area contributed by atoms with Crippen molar-refractivity contribution in [2.75, 3.05) is 34.5 Å². The second-order valence-corrected chi connectivity index (χ2v) is 6.91. The lowest BCUT2D eigenvalue weighted by molar-refractivity contribution is -0.140. The van der Waals surface area contributed by atoms with Crippen LogP contribution in [-0.2, 0) is 14.3 Å². The van der Waals surface area contributed by atoms with Gasteiger partial charge in [0.1, 0.15) is 17.3 Å². The van der Waals surface area contributed by atoms with Crippen LogP contribution in [0.15, 0.2) is 48.0 Å². The maximum absolute atomic E-state index is 13.0. The molecule has 7 nitrogen and oxygen atoms in total. The van der Waals surface area contributed by atoms with Gasteiger partial charge >= 0.3 is 0 Å². The zero-order valence-corrected chi connectivity index (χ0v) is 17.5. The molecule has 0 bridgehead atoms. The summed E-state index contributed by atoms with van der Waals surface area (Å²) in [7, 11) is 4.60. The van der Waals surface area contributed by atoms with E-state index in [1.807, 2.05) is 6.92 Å². The number of ketones is 1. The van der Waals surface area contributed by atoms with Crippen molar-refractivity contribution in [3.8, 4) is 11.5 Å². The summed E-state index contributed by atoms with van der Waals surface area (Å²) in [4.78, 5) is 27.2. The SMILES string of the molecule is COCCN1C(=O)C(=O)/C(=C(/O)c2ccc(OC)c(C)c2)[C@H]1c1ccccc1OC. The topological polar surface area (TPSA) is 85.3 Å². The van der Waals surface area contributed by atoms with Crippen molar-refractivity contribution in [2.24, 2.45) is 0 Å². The maximum Gasteiger partial charge on any atom is 0.295 e. The van der Waals surface area contributed by atoms with Gasteiger partial charge in [0, 0.05) is 24.8 Å². The molecule has 1 heterocycles. The molecule has 2 aromatic carbocycles. The highest BCUT2D eigenvalue weighted by molar-refractivity contribution is 6.46. The van der Waals surface area contributed by atoms with E-state index in [0.717, 1.165) is 5.56 Å². The van der Waals surface area contributed by atoms with Crippen LogP contribution >= 0.6 is 0 Å². The fourth-order valence-corrected chi connectivity index (χ4v) is 3.70. The van der Waals surface area contributed by atoms with Crippen LogP contribution in [0.2, 0.25) is 0 Å². The van der Waals surface area contributed by atoms with Gasteiger partial charge in [-0.2, -0.15) is 0 Å². The molecule has 1 aliphatic rings. The third kappa shape index (κ3) is 3.76. The summed E-state index contributed by atoms with van der Waals surface area (Å²) in [5.74, 6) is -0.491. The number of hydrogen-bond donors (Lipinski definition) is 1. The normalized spacial score (nSPS) is 18.0. The average molecular weight is 411 g/mol. The highest BCUT2D eigenvalue weighted by atomic mass is 16.5. The third-order valence-corrected chi connectivity index (χ3v) is 5.18. The number of rotatable bonds is 7. The molecule has 2 aromatic rings. The van der Waals surface area contributed by atoms with E-state index in [1.165, 1.54) is 19.1 Å². The highest BCUT2D eigenvalue weighted by Crippen LogP contribution is 2.42. The fraction of sp³-hybridized carbons (Fsp3) is 0.304. The molecule has 0 aliphatic carbocycles. The van der Waals surface area contributed by atoms with Crippen LogP contribution in [-0.4, -0.2) is 56.2 Å². The summed E-state index contributed by atoms with van der Waals surface area (Å²) >= 11 is 0. The number of amides is 1. The van der Waals surface area contributed by atoms with Gasteiger partial charge in [0.2, 0.25) is 0 Å². The quantitative estimate of drug-likeness (QED) is 0.428. The summed E-state index contributed by atoms with van der Waals surface area (Å²) in [6.07, 6.45) is 0. The Morgan fingerprint density at radius 2 is 1.73 bits per heavy atom. The minimum Gasteiger partial charge on any atom is -0.507 e. The van der Waals surface area contributed by atoms with E-state index < -0.39 is 17.7 Å². The lowest BCUT2D eigenvalue weighted by atomic mass is 9.94. The molecule has 1 atom stereocenters. The van der Waals surface area contributed by atoms with Gasteiger partial charge in [-0.3, -0.25) is 9.59 Å². The molecule has 0 spiro atoms. The number of ether oxygens (including phenoxy) is 3. The predicted molar refractivity (Wildman–Crippen MR) is 112 cm³/mol. The van der Waals surface area contributed by atoms with Crippen molar-refractivity contribution in [2.45, 2.75) is 13.0 Å². The summed E-state index contributed by atoms with van der Waals surface area (Å²) in [5.41, 5.74) is 1.86. The van der Waals surface area contributed by atoms with Gasteiger partial charge in [-0.25, -0.2) is 0 Å². The zero-order chi connectivity index (χ0) is 21.8. The lowest BCUT2D eigenvalue weighted by Gasteiger charge is -2.26. The number of benzene rings is 2. The second-order valence-electron chi connectivity index (χ2n) is 6.91. The first-order valence-corrected chi connectivity index (χ1v) is 9.49. The minimum atomic E-state index is -0.793. The van der Waals surface area contributed by atoms with Gasteiger partial charge in [0.25, 0.3) is 11.7 Å². The number of para-hydroxylation sites is 1. The number of nitrogens with zero attached hydrogens (tertiary/aromatic N) is 1. The number of likely N-dealkylation sites (tertiary alicyclic amines) is 1.